The van der Waals surface area contributed by atoms with Crippen LogP contribution in [0.4, 0.5) is 10.1 Å². The molecular weight excluding hydrogens is 238 g/mol. The number of nitrogen functional groups attached to an aromatic ring is 2. The summed E-state index contributed by atoms with van der Waals surface area (Å²) in [6, 6.07) is 5.46. The molecular formula is C11H13N3O2S. The molecule has 90 valence electrons. The van der Waals surface area contributed by atoms with E-state index in [-0.39, 0.29) is 0 Å². The van der Waals surface area contributed by atoms with Crippen molar-refractivity contribution in [2.75, 3.05) is 25.7 Å². The van der Waals surface area contributed by atoms with Crippen molar-refractivity contribution >= 4 is 21.5 Å². The molecule has 1 aromatic carbocycles. The maximum absolute atomic E-state index is 5.86. The van der Waals surface area contributed by atoms with Crippen molar-refractivity contribution in [3.05, 3.63) is 18.2 Å². The zero-order valence-corrected chi connectivity index (χ0v) is 10.4. The highest BCUT2D eigenvalue weighted by molar-refractivity contribution is 7.19. The van der Waals surface area contributed by atoms with Gasteiger partial charge in [0.1, 0.15) is 22.2 Å². The highest BCUT2D eigenvalue weighted by Gasteiger charge is 2.14. The molecule has 0 aliphatic heterocycles. The van der Waals surface area contributed by atoms with Gasteiger partial charge in [-0.1, -0.05) is 11.3 Å². The van der Waals surface area contributed by atoms with Crippen molar-refractivity contribution in [3.63, 3.8) is 0 Å². The Labute approximate surface area is 103 Å². The molecule has 0 aliphatic carbocycles. The Kier molecular flexibility index (Phi) is 3.06. The Bertz CT molecular complexity index is 540. The van der Waals surface area contributed by atoms with Crippen LogP contribution in [-0.4, -0.2) is 19.2 Å². The Morgan fingerprint density at radius 3 is 2.47 bits per heavy atom. The Balaban J connectivity index is 2.55. The zero-order chi connectivity index (χ0) is 12.4. The van der Waals surface area contributed by atoms with Crippen LogP contribution in [0.5, 0.6) is 11.5 Å². The minimum Gasteiger partial charge on any atom is -0.497 e. The third-order valence-corrected chi connectivity index (χ3v) is 3.05. The Morgan fingerprint density at radius 2 is 1.94 bits per heavy atom. The SMILES string of the molecule is COc1ccc(-c2nc(N)sc2N)c(OC)c1. The monoisotopic (exact) mass is 251 g/mol. The lowest BCUT2D eigenvalue weighted by Crippen LogP contribution is -1.93. The number of rotatable bonds is 3. The molecule has 0 radical (unpaired) electrons. The van der Waals surface area contributed by atoms with Crippen molar-refractivity contribution < 1.29 is 9.47 Å². The van der Waals surface area contributed by atoms with E-state index in [2.05, 4.69) is 4.98 Å². The standard InChI is InChI=1S/C11H13N3O2S/c1-15-6-3-4-7(8(5-6)16-2)9-10(12)17-11(13)14-9/h3-5H,12H2,1-2H3,(H2,13,14). The van der Waals surface area contributed by atoms with Crippen LogP contribution in [0, 0.1) is 0 Å². The zero-order valence-electron chi connectivity index (χ0n) is 9.56. The van der Waals surface area contributed by atoms with Gasteiger partial charge in [-0.3, -0.25) is 0 Å². The summed E-state index contributed by atoms with van der Waals surface area (Å²) in [7, 11) is 3.19. The molecule has 2 aromatic rings. The molecule has 0 saturated carbocycles. The summed E-state index contributed by atoms with van der Waals surface area (Å²) in [5, 5.41) is 1.02. The maximum atomic E-state index is 5.86. The minimum atomic E-state index is 0.440. The van der Waals surface area contributed by atoms with Crippen molar-refractivity contribution in [2.45, 2.75) is 0 Å². The van der Waals surface area contributed by atoms with E-state index >= 15 is 0 Å². The quantitative estimate of drug-likeness (QED) is 0.871. The number of nitrogens with two attached hydrogens (primary N) is 2. The van der Waals surface area contributed by atoms with Gasteiger partial charge in [0, 0.05) is 11.6 Å². The summed E-state index contributed by atoms with van der Waals surface area (Å²) in [4.78, 5) is 4.20. The highest BCUT2D eigenvalue weighted by Crippen LogP contribution is 2.38. The van der Waals surface area contributed by atoms with Gasteiger partial charge >= 0.3 is 0 Å². The van der Waals surface area contributed by atoms with Crippen LogP contribution in [0.1, 0.15) is 0 Å². The number of thiazole rings is 1. The fourth-order valence-electron chi connectivity index (χ4n) is 1.54. The summed E-state index contributed by atoms with van der Waals surface area (Å²) in [6.07, 6.45) is 0. The number of ether oxygens (including phenoxy) is 2. The molecule has 0 bridgehead atoms. The van der Waals surface area contributed by atoms with E-state index in [0.29, 0.717) is 27.3 Å². The lowest BCUT2D eigenvalue weighted by atomic mass is 10.1. The van der Waals surface area contributed by atoms with Crippen LogP contribution in [-0.2, 0) is 0 Å². The van der Waals surface area contributed by atoms with E-state index in [1.54, 1.807) is 20.3 Å². The number of anilines is 2. The van der Waals surface area contributed by atoms with E-state index in [9.17, 15) is 0 Å². The van der Waals surface area contributed by atoms with Crippen LogP contribution in [0.2, 0.25) is 0 Å². The van der Waals surface area contributed by atoms with Crippen LogP contribution < -0.4 is 20.9 Å². The van der Waals surface area contributed by atoms with E-state index in [0.717, 1.165) is 5.56 Å². The van der Waals surface area contributed by atoms with E-state index in [4.69, 9.17) is 20.9 Å². The smallest absolute Gasteiger partial charge is 0.182 e. The van der Waals surface area contributed by atoms with Crippen LogP contribution in [0.15, 0.2) is 18.2 Å². The summed E-state index contributed by atoms with van der Waals surface area (Å²) < 4.78 is 10.4. The predicted molar refractivity (Wildman–Crippen MR) is 69.5 cm³/mol. The van der Waals surface area contributed by atoms with E-state index < -0.39 is 0 Å². The third kappa shape index (κ3) is 2.12. The van der Waals surface area contributed by atoms with Gasteiger partial charge in [0.2, 0.25) is 0 Å². The first-order chi connectivity index (χ1) is 8.15. The summed E-state index contributed by atoms with van der Waals surface area (Å²) in [6.45, 7) is 0. The van der Waals surface area contributed by atoms with Gasteiger partial charge in [0.15, 0.2) is 5.13 Å². The lowest BCUT2D eigenvalue weighted by molar-refractivity contribution is 0.395. The number of benzene rings is 1. The number of aromatic nitrogens is 1. The van der Waals surface area contributed by atoms with Gasteiger partial charge < -0.3 is 20.9 Å². The fraction of sp³-hybridized carbons (Fsp3) is 0.182. The van der Waals surface area contributed by atoms with Gasteiger partial charge in [0.25, 0.3) is 0 Å². The third-order valence-electron chi connectivity index (χ3n) is 2.33. The van der Waals surface area contributed by atoms with Crippen molar-refractivity contribution in [1.29, 1.82) is 0 Å². The molecule has 2 rings (SSSR count). The number of hydrogen-bond acceptors (Lipinski definition) is 6. The largest absolute Gasteiger partial charge is 0.497 e. The van der Waals surface area contributed by atoms with Gasteiger partial charge in [-0.05, 0) is 12.1 Å². The van der Waals surface area contributed by atoms with E-state index in [1.807, 2.05) is 12.1 Å². The number of nitrogens with zero attached hydrogens (tertiary/aromatic N) is 1. The molecule has 0 unspecified atom stereocenters. The second-order valence-corrected chi connectivity index (χ2v) is 4.39. The second kappa shape index (κ2) is 4.50. The molecule has 4 N–H and O–H groups in total. The van der Waals surface area contributed by atoms with Crippen molar-refractivity contribution in [2.24, 2.45) is 0 Å². The molecule has 5 nitrogen and oxygen atoms in total. The van der Waals surface area contributed by atoms with Crippen molar-refractivity contribution in [3.8, 4) is 22.8 Å². The van der Waals surface area contributed by atoms with Crippen LogP contribution >= 0.6 is 11.3 Å². The molecule has 0 spiro atoms. The van der Waals surface area contributed by atoms with E-state index in [1.165, 1.54) is 11.3 Å². The summed E-state index contributed by atoms with van der Waals surface area (Å²) >= 11 is 1.25. The number of methoxy groups -OCH3 is 2. The first-order valence-corrected chi connectivity index (χ1v) is 5.71. The number of hydrogen-bond donors (Lipinski definition) is 2. The average molecular weight is 251 g/mol. The molecule has 6 heteroatoms. The summed E-state index contributed by atoms with van der Waals surface area (Å²) in [5.41, 5.74) is 12.9. The Morgan fingerprint density at radius 1 is 1.18 bits per heavy atom. The van der Waals surface area contributed by atoms with Crippen LogP contribution in [0.25, 0.3) is 11.3 Å². The average Bonchev–Trinajstić information content (AvgIpc) is 2.67. The molecule has 0 fully saturated rings. The van der Waals surface area contributed by atoms with Gasteiger partial charge in [0.05, 0.1) is 14.2 Å². The molecule has 0 aliphatic rings. The van der Waals surface area contributed by atoms with Crippen molar-refractivity contribution in [1.82, 2.24) is 4.98 Å². The first kappa shape index (κ1) is 11.5. The Hall–Kier alpha value is -1.95. The first-order valence-electron chi connectivity index (χ1n) is 4.90. The second-order valence-electron chi connectivity index (χ2n) is 3.33. The molecule has 17 heavy (non-hydrogen) atoms. The summed E-state index contributed by atoms with van der Waals surface area (Å²) in [5.74, 6) is 1.37. The molecule has 0 atom stereocenters. The van der Waals surface area contributed by atoms with Gasteiger partial charge in [-0.15, -0.1) is 0 Å². The van der Waals surface area contributed by atoms with Crippen LogP contribution in [0.3, 0.4) is 0 Å². The van der Waals surface area contributed by atoms with Gasteiger partial charge in [-0.2, -0.15) is 0 Å². The normalized spacial score (nSPS) is 10.2. The molecule has 1 heterocycles. The molecule has 0 amide bonds. The molecule has 1 aromatic heterocycles. The topological polar surface area (TPSA) is 83.4 Å². The van der Waals surface area contributed by atoms with Gasteiger partial charge in [-0.25, -0.2) is 4.98 Å². The highest BCUT2D eigenvalue weighted by atomic mass is 32.1. The predicted octanol–water partition coefficient (Wildman–Crippen LogP) is 1.99. The fourth-order valence-corrected chi connectivity index (χ4v) is 2.15. The lowest BCUT2D eigenvalue weighted by Gasteiger charge is -2.09. The minimum absolute atomic E-state index is 0.440. The molecule has 0 saturated heterocycles. The maximum Gasteiger partial charge on any atom is 0.182 e.